The quantitative estimate of drug-likeness (QED) is 0.804. The Morgan fingerprint density at radius 1 is 1.53 bits per heavy atom. The van der Waals surface area contributed by atoms with E-state index < -0.39 is 0 Å². The number of hydrogen-bond donors (Lipinski definition) is 2. The van der Waals surface area contributed by atoms with Gasteiger partial charge in [-0.15, -0.1) is 0 Å². The summed E-state index contributed by atoms with van der Waals surface area (Å²) in [5, 5.41) is 3.32. The van der Waals surface area contributed by atoms with Gasteiger partial charge in [-0.2, -0.15) is 0 Å². The number of ether oxygens (including phenoxy) is 1. The molecule has 0 amide bonds. The number of nitrogens with one attached hydrogen (secondary N) is 2. The third-order valence-corrected chi connectivity index (χ3v) is 3.06. The van der Waals surface area contributed by atoms with E-state index in [0.717, 1.165) is 48.7 Å². The van der Waals surface area contributed by atoms with E-state index in [2.05, 4.69) is 20.3 Å². The average Bonchev–Trinajstić information content (AvgIpc) is 2.74. The molecule has 0 aromatic carbocycles. The number of aromatic nitrogens is 3. The fourth-order valence-electron chi connectivity index (χ4n) is 2.15. The number of aromatic amines is 1. The van der Waals surface area contributed by atoms with Crippen LogP contribution < -0.4 is 5.32 Å². The summed E-state index contributed by atoms with van der Waals surface area (Å²) in [5.74, 6) is 0.954. The molecule has 1 aliphatic rings. The Hall–Kier alpha value is -1.46. The fraction of sp³-hybridized carbons (Fsp3) is 0.500. The molecule has 3 rings (SSSR count). The van der Waals surface area contributed by atoms with E-state index in [4.69, 9.17) is 4.74 Å². The molecule has 2 aromatic rings. The molecule has 5 nitrogen and oxygen atoms in total. The van der Waals surface area contributed by atoms with Crippen molar-refractivity contribution in [1.82, 2.24) is 20.3 Å². The second-order valence-corrected chi connectivity index (χ2v) is 4.41. The van der Waals surface area contributed by atoms with Crippen molar-refractivity contribution in [3.8, 4) is 0 Å². The van der Waals surface area contributed by atoms with Crippen molar-refractivity contribution >= 4 is 11.2 Å². The molecule has 2 aromatic heterocycles. The largest absolute Gasteiger partial charge is 0.375 e. The lowest BCUT2D eigenvalue weighted by Gasteiger charge is -2.22. The van der Waals surface area contributed by atoms with Gasteiger partial charge in [0.2, 0.25) is 0 Å². The van der Waals surface area contributed by atoms with Gasteiger partial charge in [-0.1, -0.05) is 0 Å². The topological polar surface area (TPSA) is 62.8 Å². The third-order valence-electron chi connectivity index (χ3n) is 3.06. The van der Waals surface area contributed by atoms with Crippen LogP contribution in [-0.2, 0) is 11.2 Å². The highest BCUT2D eigenvalue weighted by Crippen LogP contribution is 2.14. The van der Waals surface area contributed by atoms with Crippen LogP contribution in [0.2, 0.25) is 0 Å². The number of hydrogen-bond acceptors (Lipinski definition) is 4. The fourth-order valence-corrected chi connectivity index (χ4v) is 2.15. The molecule has 90 valence electrons. The van der Waals surface area contributed by atoms with Crippen LogP contribution in [0.4, 0.5) is 0 Å². The van der Waals surface area contributed by atoms with Crippen molar-refractivity contribution in [2.75, 3.05) is 19.7 Å². The molecule has 1 saturated heterocycles. The van der Waals surface area contributed by atoms with Crippen LogP contribution in [-0.4, -0.2) is 40.8 Å². The first-order valence-electron chi connectivity index (χ1n) is 5.95. The van der Waals surface area contributed by atoms with E-state index in [-0.39, 0.29) is 6.10 Å². The maximum atomic E-state index is 5.67. The van der Waals surface area contributed by atoms with Crippen molar-refractivity contribution in [1.29, 1.82) is 0 Å². The maximum absolute atomic E-state index is 5.67. The first-order valence-corrected chi connectivity index (χ1v) is 5.95. The van der Waals surface area contributed by atoms with Gasteiger partial charge in [0.1, 0.15) is 11.3 Å². The molecule has 0 aliphatic carbocycles. The van der Waals surface area contributed by atoms with Gasteiger partial charge in [-0.05, 0) is 18.6 Å². The highest BCUT2D eigenvalue weighted by atomic mass is 16.5. The Morgan fingerprint density at radius 3 is 3.24 bits per heavy atom. The number of imidazole rings is 1. The van der Waals surface area contributed by atoms with Gasteiger partial charge in [-0.25, -0.2) is 9.97 Å². The number of rotatable bonds is 2. The minimum absolute atomic E-state index is 0.213. The Bertz CT molecular complexity index is 516. The molecule has 1 atom stereocenters. The molecule has 1 unspecified atom stereocenters. The monoisotopic (exact) mass is 232 g/mol. The van der Waals surface area contributed by atoms with E-state index in [1.165, 1.54) is 0 Å². The predicted octanol–water partition coefficient (Wildman–Crippen LogP) is 0.797. The first-order chi connectivity index (χ1) is 8.33. The molecule has 0 bridgehead atoms. The predicted molar refractivity (Wildman–Crippen MR) is 64.9 cm³/mol. The average molecular weight is 232 g/mol. The van der Waals surface area contributed by atoms with E-state index in [1.54, 1.807) is 6.20 Å². The molecule has 3 heterocycles. The Balaban J connectivity index is 1.83. The number of fused-ring (bicyclic) bond motifs is 1. The van der Waals surface area contributed by atoms with Crippen LogP contribution in [0.1, 0.15) is 11.4 Å². The van der Waals surface area contributed by atoms with Crippen molar-refractivity contribution in [3.05, 3.63) is 23.7 Å². The SMILES string of the molecule is Cc1ccnc2[nH]c(CC3CNCCO3)nc12. The van der Waals surface area contributed by atoms with Gasteiger partial charge in [0, 0.05) is 25.7 Å². The molecule has 0 radical (unpaired) electrons. The molecule has 0 saturated carbocycles. The summed E-state index contributed by atoms with van der Waals surface area (Å²) in [7, 11) is 0. The Kier molecular flexibility index (Phi) is 2.78. The standard InChI is InChI=1S/C12H16N4O/c1-8-2-3-14-12-11(8)15-10(16-12)6-9-7-13-4-5-17-9/h2-3,9,13H,4-7H2,1H3,(H,14,15,16). The first kappa shape index (κ1) is 10.7. The summed E-state index contributed by atoms with van der Waals surface area (Å²) in [4.78, 5) is 12.1. The molecule has 17 heavy (non-hydrogen) atoms. The summed E-state index contributed by atoms with van der Waals surface area (Å²) >= 11 is 0. The van der Waals surface area contributed by atoms with E-state index >= 15 is 0 Å². The number of morpholine rings is 1. The van der Waals surface area contributed by atoms with Crippen LogP contribution in [0, 0.1) is 6.92 Å². The number of H-pyrrole nitrogens is 1. The second-order valence-electron chi connectivity index (χ2n) is 4.41. The number of aryl methyl sites for hydroxylation is 1. The number of pyridine rings is 1. The van der Waals surface area contributed by atoms with E-state index in [9.17, 15) is 0 Å². The molecule has 0 spiro atoms. The van der Waals surface area contributed by atoms with Gasteiger partial charge in [-0.3, -0.25) is 0 Å². The lowest BCUT2D eigenvalue weighted by atomic mass is 10.2. The normalized spacial score (nSPS) is 20.9. The summed E-state index contributed by atoms with van der Waals surface area (Å²) < 4.78 is 5.67. The minimum Gasteiger partial charge on any atom is -0.375 e. The molecule has 5 heteroatoms. The van der Waals surface area contributed by atoms with Crippen LogP contribution in [0.25, 0.3) is 11.2 Å². The summed E-state index contributed by atoms with van der Waals surface area (Å²) in [6.45, 7) is 4.66. The molecular formula is C12H16N4O. The smallest absolute Gasteiger partial charge is 0.157 e. The van der Waals surface area contributed by atoms with Gasteiger partial charge in [0.05, 0.1) is 12.7 Å². The molecule has 1 aliphatic heterocycles. The van der Waals surface area contributed by atoms with E-state index in [1.807, 2.05) is 13.0 Å². The Labute approximate surface area is 99.6 Å². The zero-order valence-electron chi connectivity index (χ0n) is 9.86. The molecule has 2 N–H and O–H groups in total. The Morgan fingerprint density at radius 2 is 2.47 bits per heavy atom. The van der Waals surface area contributed by atoms with Crippen LogP contribution in [0.5, 0.6) is 0 Å². The summed E-state index contributed by atoms with van der Waals surface area (Å²) in [6, 6.07) is 1.98. The van der Waals surface area contributed by atoms with Crippen LogP contribution in [0.15, 0.2) is 12.3 Å². The highest BCUT2D eigenvalue weighted by Gasteiger charge is 2.16. The van der Waals surface area contributed by atoms with Crippen molar-refractivity contribution < 1.29 is 4.74 Å². The van der Waals surface area contributed by atoms with Gasteiger partial charge < -0.3 is 15.0 Å². The third kappa shape index (κ3) is 2.16. The maximum Gasteiger partial charge on any atom is 0.157 e. The van der Waals surface area contributed by atoms with Gasteiger partial charge >= 0.3 is 0 Å². The minimum atomic E-state index is 0.213. The second kappa shape index (κ2) is 4.43. The van der Waals surface area contributed by atoms with Crippen molar-refractivity contribution in [2.45, 2.75) is 19.4 Å². The van der Waals surface area contributed by atoms with E-state index in [0.29, 0.717) is 0 Å². The summed E-state index contributed by atoms with van der Waals surface area (Å²) in [6.07, 6.45) is 2.82. The van der Waals surface area contributed by atoms with Gasteiger partial charge in [0.25, 0.3) is 0 Å². The highest BCUT2D eigenvalue weighted by molar-refractivity contribution is 5.74. The van der Waals surface area contributed by atoms with Crippen molar-refractivity contribution in [2.24, 2.45) is 0 Å². The zero-order valence-corrected chi connectivity index (χ0v) is 9.86. The van der Waals surface area contributed by atoms with Crippen molar-refractivity contribution in [3.63, 3.8) is 0 Å². The number of nitrogens with zero attached hydrogens (tertiary/aromatic N) is 2. The van der Waals surface area contributed by atoms with Crippen LogP contribution in [0.3, 0.4) is 0 Å². The van der Waals surface area contributed by atoms with Gasteiger partial charge in [0.15, 0.2) is 5.65 Å². The lowest BCUT2D eigenvalue weighted by molar-refractivity contribution is 0.0282. The molecule has 1 fully saturated rings. The summed E-state index contributed by atoms with van der Waals surface area (Å²) in [5.41, 5.74) is 2.98. The molecular weight excluding hydrogens is 216 g/mol. The lowest BCUT2D eigenvalue weighted by Crippen LogP contribution is -2.39. The zero-order chi connectivity index (χ0) is 11.7. The van der Waals surface area contributed by atoms with Crippen LogP contribution >= 0.6 is 0 Å².